The molecule has 1 heterocycles. The van der Waals surface area contributed by atoms with Crippen molar-refractivity contribution in [2.45, 2.75) is 45.2 Å². The number of nitrogens with zero attached hydrogens (tertiary/aromatic N) is 1. The van der Waals surface area contributed by atoms with Gasteiger partial charge in [-0.05, 0) is 47.9 Å². The van der Waals surface area contributed by atoms with E-state index in [-0.39, 0.29) is 29.8 Å². The van der Waals surface area contributed by atoms with Crippen molar-refractivity contribution >= 4 is 17.0 Å². The maximum Gasteiger partial charge on any atom is 0.416 e. The predicted octanol–water partition coefficient (Wildman–Crippen LogP) is 4.93. The van der Waals surface area contributed by atoms with Crippen LogP contribution in [0.5, 0.6) is 5.75 Å². The molecule has 1 aromatic heterocycles. The van der Waals surface area contributed by atoms with E-state index in [9.17, 15) is 22.8 Å². The molecule has 0 bridgehead atoms. The van der Waals surface area contributed by atoms with Crippen molar-refractivity contribution in [3.8, 4) is 16.9 Å². The summed E-state index contributed by atoms with van der Waals surface area (Å²) in [6, 6.07) is 6.24. The lowest BCUT2D eigenvalue weighted by atomic mass is 9.91. The van der Waals surface area contributed by atoms with Gasteiger partial charge in [-0.25, -0.2) is 4.98 Å². The number of H-pyrrole nitrogens is 1. The van der Waals surface area contributed by atoms with E-state index in [1.165, 1.54) is 19.2 Å². The van der Waals surface area contributed by atoms with Crippen molar-refractivity contribution in [3.05, 3.63) is 57.5 Å². The number of halogens is 3. The summed E-state index contributed by atoms with van der Waals surface area (Å²) in [7, 11) is 1.34. The van der Waals surface area contributed by atoms with Gasteiger partial charge in [-0.1, -0.05) is 20.8 Å². The summed E-state index contributed by atoms with van der Waals surface area (Å²) in [5.74, 6) is -0.816. The van der Waals surface area contributed by atoms with Crippen molar-refractivity contribution in [1.82, 2.24) is 9.97 Å². The molecule has 2 aromatic carbocycles. The van der Waals surface area contributed by atoms with Gasteiger partial charge < -0.3 is 14.8 Å². The quantitative estimate of drug-likeness (QED) is 0.577. The highest BCUT2D eigenvalue weighted by Gasteiger charge is 2.31. The average molecular weight is 448 g/mol. The van der Waals surface area contributed by atoms with Gasteiger partial charge >= 0.3 is 12.1 Å². The number of methoxy groups -OCH3 is 1. The molecule has 3 aromatic rings. The molecule has 0 saturated carbocycles. The largest absolute Gasteiger partial charge is 0.496 e. The van der Waals surface area contributed by atoms with Crippen molar-refractivity contribution in [1.29, 1.82) is 0 Å². The van der Waals surface area contributed by atoms with Gasteiger partial charge in [-0.2, -0.15) is 13.2 Å². The third-order valence-corrected chi connectivity index (χ3v) is 5.03. The number of carboxylic acid groups (broad SMARTS) is 1. The first-order chi connectivity index (χ1) is 14.8. The molecule has 0 unspecified atom stereocenters. The number of nitrogens with one attached hydrogen (secondary N) is 1. The lowest BCUT2D eigenvalue weighted by Crippen LogP contribution is -2.26. The Morgan fingerprint density at radius 2 is 1.84 bits per heavy atom. The van der Waals surface area contributed by atoms with Gasteiger partial charge in [-0.15, -0.1) is 0 Å². The number of aromatic nitrogens is 2. The summed E-state index contributed by atoms with van der Waals surface area (Å²) in [6.45, 7) is 5.49. The van der Waals surface area contributed by atoms with Crippen molar-refractivity contribution in [2.75, 3.05) is 7.11 Å². The second-order valence-electron chi connectivity index (χ2n) is 8.50. The molecule has 170 valence electrons. The smallest absolute Gasteiger partial charge is 0.416 e. The van der Waals surface area contributed by atoms with E-state index in [0.717, 1.165) is 12.1 Å². The SMILES string of the molecule is COc1ccc(C(F)(F)F)cc1-c1cc(CCC(=O)O)c2nc(C(C)(C)C)c(=O)[nH]c2c1. The Labute approximate surface area is 182 Å². The highest BCUT2D eigenvalue weighted by atomic mass is 19.4. The summed E-state index contributed by atoms with van der Waals surface area (Å²) >= 11 is 0. The van der Waals surface area contributed by atoms with Crippen molar-refractivity contribution in [3.63, 3.8) is 0 Å². The fraction of sp³-hybridized carbons (Fsp3) is 0.348. The lowest BCUT2D eigenvalue weighted by molar-refractivity contribution is -0.138. The normalized spacial score (nSPS) is 12.2. The van der Waals surface area contributed by atoms with Gasteiger partial charge in [0.05, 0.1) is 23.7 Å². The molecule has 0 aliphatic rings. The maximum absolute atomic E-state index is 13.3. The maximum atomic E-state index is 13.3. The zero-order chi connectivity index (χ0) is 23.8. The number of aromatic amines is 1. The van der Waals surface area contributed by atoms with Crippen LogP contribution < -0.4 is 10.3 Å². The second kappa shape index (κ2) is 8.29. The van der Waals surface area contributed by atoms with E-state index in [2.05, 4.69) is 9.97 Å². The number of aryl methyl sites for hydroxylation is 1. The Kier molecular flexibility index (Phi) is 6.04. The molecule has 32 heavy (non-hydrogen) atoms. The minimum Gasteiger partial charge on any atom is -0.496 e. The molecule has 0 amide bonds. The minimum atomic E-state index is -4.55. The number of hydrogen-bond donors (Lipinski definition) is 2. The van der Waals surface area contributed by atoms with E-state index in [1.54, 1.807) is 6.07 Å². The van der Waals surface area contributed by atoms with E-state index in [1.807, 2.05) is 20.8 Å². The van der Waals surface area contributed by atoms with Crippen LogP contribution in [0, 0.1) is 0 Å². The van der Waals surface area contributed by atoms with Crippen LogP contribution in [-0.2, 0) is 22.8 Å². The van der Waals surface area contributed by atoms with Crippen LogP contribution in [0.4, 0.5) is 13.2 Å². The number of benzene rings is 2. The number of alkyl halides is 3. The van der Waals surface area contributed by atoms with Gasteiger partial charge in [-0.3, -0.25) is 9.59 Å². The van der Waals surface area contributed by atoms with Gasteiger partial charge in [0.15, 0.2) is 0 Å². The first kappa shape index (κ1) is 23.3. The summed E-state index contributed by atoms with van der Waals surface area (Å²) in [4.78, 5) is 31.1. The average Bonchev–Trinajstić information content (AvgIpc) is 2.69. The fourth-order valence-corrected chi connectivity index (χ4v) is 3.47. The molecule has 2 N–H and O–H groups in total. The summed E-state index contributed by atoms with van der Waals surface area (Å²) in [6.07, 6.45) is -4.67. The van der Waals surface area contributed by atoms with E-state index < -0.39 is 28.7 Å². The molecule has 0 spiro atoms. The van der Waals surface area contributed by atoms with Crippen LogP contribution in [0.2, 0.25) is 0 Å². The standard InChI is InChI=1S/C23H23F3N2O4/c1-22(2,3)20-21(31)27-16-10-13(9-12(19(16)28-20)5-8-18(29)30)15-11-14(23(24,25)26)6-7-17(15)32-4/h6-7,9-11H,5,8H2,1-4H3,(H,27,31)(H,29,30). The first-order valence-electron chi connectivity index (χ1n) is 9.86. The summed E-state index contributed by atoms with van der Waals surface area (Å²) < 4.78 is 45.2. The third-order valence-electron chi connectivity index (χ3n) is 5.03. The minimum absolute atomic E-state index is 0.0869. The van der Waals surface area contributed by atoms with Crippen LogP contribution in [-0.4, -0.2) is 28.2 Å². The molecule has 6 nitrogen and oxygen atoms in total. The number of carboxylic acids is 1. The summed E-state index contributed by atoms with van der Waals surface area (Å²) in [5, 5.41) is 9.15. The van der Waals surface area contributed by atoms with Crippen LogP contribution in [0.15, 0.2) is 35.1 Å². The number of ether oxygens (including phenoxy) is 1. The molecule has 0 aliphatic carbocycles. The summed E-state index contributed by atoms with van der Waals surface area (Å²) in [5.41, 5.74) is 0.188. The number of hydrogen-bond acceptors (Lipinski definition) is 4. The molecule has 0 fully saturated rings. The van der Waals surface area contributed by atoms with Gasteiger partial charge in [0, 0.05) is 17.4 Å². The lowest BCUT2D eigenvalue weighted by Gasteiger charge is -2.19. The Morgan fingerprint density at radius 1 is 1.16 bits per heavy atom. The Bertz CT molecular complexity index is 1240. The van der Waals surface area contributed by atoms with Crippen molar-refractivity contribution in [2.24, 2.45) is 0 Å². The Balaban J connectivity index is 2.32. The van der Waals surface area contributed by atoms with Crippen LogP contribution in [0.25, 0.3) is 22.2 Å². The molecule has 0 saturated heterocycles. The first-order valence-corrected chi connectivity index (χ1v) is 9.86. The van der Waals surface area contributed by atoms with Gasteiger partial charge in [0.25, 0.3) is 5.56 Å². The Hall–Kier alpha value is -3.36. The third kappa shape index (κ3) is 4.76. The monoisotopic (exact) mass is 448 g/mol. The number of carbonyl (C=O) groups is 1. The fourth-order valence-electron chi connectivity index (χ4n) is 3.47. The number of rotatable bonds is 5. The van der Waals surface area contributed by atoms with Crippen LogP contribution in [0.3, 0.4) is 0 Å². The van der Waals surface area contributed by atoms with Crippen LogP contribution >= 0.6 is 0 Å². The Morgan fingerprint density at radius 3 is 2.41 bits per heavy atom. The number of aliphatic carboxylic acids is 1. The predicted molar refractivity (Wildman–Crippen MR) is 114 cm³/mol. The molecule has 0 aliphatic heterocycles. The molecular weight excluding hydrogens is 425 g/mol. The highest BCUT2D eigenvalue weighted by molar-refractivity contribution is 5.86. The zero-order valence-electron chi connectivity index (χ0n) is 18.1. The molecule has 9 heteroatoms. The second-order valence-corrected chi connectivity index (χ2v) is 8.50. The topological polar surface area (TPSA) is 92.3 Å². The van der Waals surface area contributed by atoms with Gasteiger partial charge in [0.1, 0.15) is 11.4 Å². The van der Waals surface area contributed by atoms with E-state index in [4.69, 9.17) is 9.84 Å². The van der Waals surface area contributed by atoms with E-state index in [0.29, 0.717) is 22.2 Å². The molecule has 0 radical (unpaired) electrons. The molecular formula is C23H23F3N2O4. The highest BCUT2D eigenvalue weighted by Crippen LogP contribution is 2.38. The van der Waals surface area contributed by atoms with Crippen LogP contribution in [0.1, 0.15) is 44.0 Å². The molecule has 0 atom stereocenters. The zero-order valence-corrected chi connectivity index (χ0v) is 18.1. The van der Waals surface area contributed by atoms with E-state index >= 15 is 0 Å². The number of fused-ring (bicyclic) bond motifs is 1. The van der Waals surface area contributed by atoms with Gasteiger partial charge in [0.2, 0.25) is 0 Å². The molecule has 3 rings (SSSR count). The van der Waals surface area contributed by atoms with Crippen molar-refractivity contribution < 1.29 is 27.8 Å².